The zero-order chi connectivity index (χ0) is 12.5. The average molecular weight is 238 g/mol. The van der Waals surface area contributed by atoms with Crippen LogP contribution in [0.3, 0.4) is 0 Å². The minimum absolute atomic E-state index is 0.243. The lowest BCUT2D eigenvalue weighted by Crippen LogP contribution is -2.59. The van der Waals surface area contributed by atoms with Crippen LogP contribution in [0, 0.1) is 5.82 Å². The molecule has 0 aliphatic carbocycles. The third-order valence-electron chi connectivity index (χ3n) is 3.04. The Morgan fingerprint density at radius 1 is 1.41 bits per heavy atom. The van der Waals surface area contributed by atoms with E-state index in [4.69, 9.17) is 4.74 Å². The summed E-state index contributed by atoms with van der Waals surface area (Å²) in [4.78, 5) is 11.9. The van der Waals surface area contributed by atoms with E-state index in [9.17, 15) is 9.18 Å². The zero-order valence-corrected chi connectivity index (χ0v) is 9.84. The molecule has 1 atom stereocenters. The number of halogens is 1. The van der Waals surface area contributed by atoms with Gasteiger partial charge in [0, 0.05) is 13.1 Å². The maximum atomic E-state index is 13.9. The number of rotatable bonds is 2. The van der Waals surface area contributed by atoms with Gasteiger partial charge in [-0.15, -0.1) is 0 Å². The number of hydrogen-bond acceptors (Lipinski definition) is 3. The van der Waals surface area contributed by atoms with E-state index in [1.54, 1.807) is 19.1 Å². The number of ether oxygens (including phenoxy) is 1. The Morgan fingerprint density at radius 3 is 2.82 bits per heavy atom. The number of hydrogen-bond donors (Lipinski definition) is 2. The maximum Gasteiger partial charge on any atom is 0.244 e. The van der Waals surface area contributed by atoms with E-state index in [1.165, 1.54) is 13.2 Å². The number of nitrogens with one attached hydrogen (secondary N) is 2. The van der Waals surface area contributed by atoms with Gasteiger partial charge in [0.1, 0.15) is 17.1 Å². The molecule has 1 aromatic carbocycles. The Hall–Kier alpha value is -1.62. The Balaban J connectivity index is 2.54. The van der Waals surface area contributed by atoms with Crippen molar-refractivity contribution in [2.75, 3.05) is 20.2 Å². The molecule has 2 rings (SSSR count). The first kappa shape index (κ1) is 11.9. The fourth-order valence-electron chi connectivity index (χ4n) is 2.11. The van der Waals surface area contributed by atoms with Gasteiger partial charge in [-0.25, -0.2) is 4.39 Å². The monoisotopic (exact) mass is 238 g/mol. The van der Waals surface area contributed by atoms with Crippen LogP contribution >= 0.6 is 0 Å². The van der Waals surface area contributed by atoms with E-state index >= 15 is 0 Å². The molecule has 1 amide bonds. The van der Waals surface area contributed by atoms with Crippen LogP contribution in [0.2, 0.25) is 0 Å². The second-order valence-electron chi connectivity index (χ2n) is 4.12. The van der Waals surface area contributed by atoms with E-state index in [1.807, 2.05) is 0 Å². The summed E-state index contributed by atoms with van der Waals surface area (Å²) in [7, 11) is 1.46. The van der Waals surface area contributed by atoms with Crippen LogP contribution < -0.4 is 15.4 Å². The maximum absolute atomic E-state index is 13.9. The highest BCUT2D eigenvalue weighted by Crippen LogP contribution is 2.33. The van der Waals surface area contributed by atoms with Gasteiger partial charge in [0.15, 0.2) is 0 Å². The van der Waals surface area contributed by atoms with E-state index in [2.05, 4.69) is 10.6 Å². The smallest absolute Gasteiger partial charge is 0.244 e. The van der Waals surface area contributed by atoms with E-state index < -0.39 is 11.4 Å². The lowest BCUT2D eigenvalue weighted by atomic mass is 9.88. The summed E-state index contributed by atoms with van der Waals surface area (Å²) >= 11 is 0. The average Bonchev–Trinajstić information content (AvgIpc) is 2.32. The lowest BCUT2D eigenvalue weighted by molar-refractivity contribution is -0.129. The van der Waals surface area contributed by atoms with Crippen molar-refractivity contribution in [3.63, 3.8) is 0 Å². The van der Waals surface area contributed by atoms with Crippen LogP contribution in [0.25, 0.3) is 0 Å². The van der Waals surface area contributed by atoms with Gasteiger partial charge in [0.25, 0.3) is 0 Å². The Morgan fingerprint density at radius 2 is 2.18 bits per heavy atom. The highest BCUT2D eigenvalue weighted by Gasteiger charge is 2.41. The Kier molecular flexibility index (Phi) is 3.02. The minimum Gasteiger partial charge on any atom is -0.496 e. The standard InChI is InChI=1S/C12H15FN2O2/c1-12(11(16)14-6-7-15-12)10-8(13)4-3-5-9(10)17-2/h3-5,15H,6-7H2,1-2H3,(H,14,16). The minimum atomic E-state index is -1.09. The van der Waals surface area contributed by atoms with Crippen LogP contribution in [-0.4, -0.2) is 26.1 Å². The highest BCUT2D eigenvalue weighted by atomic mass is 19.1. The molecule has 1 aromatic rings. The van der Waals surface area contributed by atoms with Crippen LogP contribution in [0.1, 0.15) is 12.5 Å². The number of amides is 1. The first-order chi connectivity index (χ1) is 8.09. The molecule has 0 radical (unpaired) electrons. The molecular weight excluding hydrogens is 223 g/mol. The van der Waals surface area contributed by atoms with Crippen LogP contribution in [0.5, 0.6) is 5.75 Å². The van der Waals surface area contributed by atoms with E-state index in [-0.39, 0.29) is 11.5 Å². The molecule has 0 spiro atoms. The number of carbonyl (C=O) groups is 1. The molecule has 92 valence electrons. The molecule has 0 bridgehead atoms. The molecule has 1 fully saturated rings. The SMILES string of the molecule is COc1cccc(F)c1C1(C)NCCNC1=O. The summed E-state index contributed by atoms with van der Waals surface area (Å²) in [5.74, 6) is -0.319. The fourth-order valence-corrected chi connectivity index (χ4v) is 2.11. The van der Waals surface area contributed by atoms with Gasteiger partial charge >= 0.3 is 0 Å². The molecule has 17 heavy (non-hydrogen) atoms. The van der Waals surface area contributed by atoms with Crippen LogP contribution in [0.15, 0.2) is 18.2 Å². The van der Waals surface area contributed by atoms with Crippen molar-refractivity contribution in [3.05, 3.63) is 29.6 Å². The highest BCUT2D eigenvalue weighted by molar-refractivity contribution is 5.88. The van der Waals surface area contributed by atoms with Crippen molar-refractivity contribution in [1.82, 2.24) is 10.6 Å². The van der Waals surface area contributed by atoms with Gasteiger partial charge in [-0.1, -0.05) is 6.07 Å². The molecule has 1 unspecified atom stereocenters. The molecule has 1 saturated heterocycles. The molecule has 1 heterocycles. The largest absolute Gasteiger partial charge is 0.496 e. The number of piperazine rings is 1. The first-order valence-corrected chi connectivity index (χ1v) is 5.46. The number of methoxy groups -OCH3 is 1. The number of carbonyl (C=O) groups excluding carboxylic acids is 1. The molecule has 0 saturated carbocycles. The number of benzene rings is 1. The van der Waals surface area contributed by atoms with E-state index in [0.29, 0.717) is 18.8 Å². The van der Waals surface area contributed by atoms with Gasteiger partial charge < -0.3 is 10.1 Å². The predicted octanol–water partition coefficient (Wildman–Crippen LogP) is 0.769. The lowest BCUT2D eigenvalue weighted by Gasteiger charge is -2.35. The molecular formula is C12H15FN2O2. The van der Waals surface area contributed by atoms with Crippen molar-refractivity contribution < 1.29 is 13.9 Å². The van der Waals surface area contributed by atoms with E-state index in [0.717, 1.165) is 0 Å². The second kappa shape index (κ2) is 4.33. The summed E-state index contributed by atoms with van der Waals surface area (Å²) in [6.45, 7) is 2.80. The quantitative estimate of drug-likeness (QED) is 0.800. The Bertz CT molecular complexity index is 450. The summed E-state index contributed by atoms with van der Waals surface area (Å²) < 4.78 is 19.1. The van der Waals surface area contributed by atoms with Crippen LogP contribution in [-0.2, 0) is 10.3 Å². The topological polar surface area (TPSA) is 50.4 Å². The molecule has 4 nitrogen and oxygen atoms in total. The molecule has 0 aromatic heterocycles. The molecule has 5 heteroatoms. The van der Waals surface area contributed by atoms with Crippen LogP contribution in [0.4, 0.5) is 4.39 Å². The van der Waals surface area contributed by atoms with Gasteiger partial charge in [-0.05, 0) is 19.1 Å². The van der Waals surface area contributed by atoms with Gasteiger partial charge in [0.2, 0.25) is 5.91 Å². The van der Waals surface area contributed by atoms with Gasteiger partial charge in [-0.2, -0.15) is 0 Å². The van der Waals surface area contributed by atoms with Crippen molar-refractivity contribution in [3.8, 4) is 5.75 Å². The normalized spacial score (nSPS) is 24.3. The van der Waals surface area contributed by atoms with Crippen molar-refractivity contribution in [2.24, 2.45) is 0 Å². The summed E-state index contributed by atoms with van der Waals surface area (Å²) in [6.07, 6.45) is 0. The third kappa shape index (κ3) is 1.86. The predicted molar refractivity (Wildman–Crippen MR) is 61.3 cm³/mol. The summed E-state index contributed by atoms with van der Waals surface area (Å²) in [5, 5.41) is 5.77. The summed E-state index contributed by atoms with van der Waals surface area (Å²) in [5.41, 5.74) is -0.839. The van der Waals surface area contributed by atoms with Crippen molar-refractivity contribution >= 4 is 5.91 Å². The fraction of sp³-hybridized carbons (Fsp3) is 0.417. The molecule has 2 N–H and O–H groups in total. The van der Waals surface area contributed by atoms with Crippen molar-refractivity contribution in [2.45, 2.75) is 12.5 Å². The van der Waals surface area contributed by atoms with Gasteiger partial charge in [-0.3, -0.25) is 10.1 Å². The molecule has 1 aliphatic rings. The Labute approximate surface area is 99.2 Å². The summed E-state index contributed by atoms with van der Waals surface area (Å²) in [6, 6.07) is 4.53. The van der Waals surface area contributed by atoms with Crippen molar-refractivity contribution in [1.29, 1.82) is 0 Å². The second-order valence-corrected chi connectivity index (χ2v) is 4.12. The van der Waals surface area contributed by atoms with Gasteiger partial charge in [0.05, 0.1) is 12.7 Å². The zero-order valence-electron chi connectivity index (χ0n) is 9.84. The molecule has 1 aliphatic heterocycles. The third-order valence-corrected chi connectivity index (χ3v) is 3.04. The first-order valence-electron chi connectivity index (χ1n) is 5.46.